The van der Waals surface area contributed by atoms with E-state index in [4.69, 9.17) is 10.1 Å². The first-order valence-corrected chi connectivity index (χ1v) is 10.6. The van der Waals surface area contributed by atoms with Gasteiger partial charge >= 0.3 is 6.61 Å². The van der Waals surface area contributed by atoms with Crippen LogP contribution in [0, 0.1) is 5.41 Å². The Morgan fingerprint density at radius 3 is 2.64 bits per heavy atom. The Bertz CT molecular complexity index is 1010. The summed E-state index contributed by atoms with van der Waals surface area (Å²) in [6.45, 7) is 3.08. The van der Waals surface area contributed by atoms with Crippen molar-refractivity contribution in [3.8, 4) is 5.75 Å². The summed E-state index contributed by atoms with van der Waals surface area (Å²) in [4.78, 5) is 17.3. The Labute approximate surface area is 190 Å². The Hall–Kier alpha value is -3.11. The summed E-state index contributed by atoms with van der Waals surface area (Å²) in [6, 6.07) is 7.37. The van der Waals surface area contributed by atoms with Crippen LogP contribution in [0.4, 0.5) is 14.5 Å². The summed E-state index contributed by atoms with van der Waals surface area (Å²) in [5, 5.41) is 24.8. The number of hydrogen-bond donors (Lipinski definition) is 4. The first-order chi connectivity index (χ1) is 15.6. The molecule has 33 heavy (non-hydrogen) atoms. The molecule has 1 aliphatic rings. The van der Waals surface area contributed by atoms with Gasteiger partial charge in [0.15, 0.2) is 0 Å². The molecular weight excluding hydrogens is 434 g/mol. The zero-order valence-electron chi connectivity index (χ0n) is 18.7. The maximum Gasteiger partial charge on any atom is 0.387 e. The highest BCUT2D eigenvalue weighted by Gasteiger charge is 2.41. The fourth-order valence-electron chi connectivity index (χ4n) is 3.59. The van der Waals surface area contributed by atoms with Crippen molar-refractivity contribution in [2.75, 3.05) is 18.5 Å². The Kier molecular flexibility index (Phi) is 7.60. The third kappa shape index (κ3) is 5.82. The van der Waals surface area contributed by atoms with E-state index in [2.05, 4.69) is 20.4 Å². The van der Waals surface area contributed by atoms with E-state index in [-0.39, 0.29) is 35.4 Å². The molecule has 0 radical (unpaired) electrons. The number of benzene rings is 1. The maximum atomic E-state index is 13.0. The molecule has 1 saturated heterocycles. The van der Waals surface area contributed by atoms with Gasteiger partial charge in [-0.3, -0.25) is 15.2 Å². The molecule has 10 heteroatoms. The molecule has 1 amide bonds. The van der Waals surface area contributed by atoms with Crippen LogP contribution in [0.15, 0.2) is 36.5 Å². The van der Waals surface area contributed by atoms with Gasteiger partial charge in [0.1, 0.15) is 11.4 Å². The van der Waals surface area contributed by atoms with Gasteiger partial charge in [0.2, 0.25) is 0 Å². The van der Waals surface area contributed by atoms with Crippen molar-refractivity contribution in [1.82, 2.24) is 10.3 Å². The summed E-state index contributed by atoms with van der Waals surface area (Å²) in [7, 11) is 0. The standard InChI is InChI=1S/C23H28F2N4O4/c1-13(2)28-18-10-16(21(31)29-23(14(3)30)7-8-32-12-23)11-27-20(18)19(26)15-5-4-6-17(9-15)33-22(24)25/h4-6,9-11,13-14,22,26,28,30H,7-8,12H2,1-3H3,(H,29,31). The van der Waals surface area contributed by atoms with Crippen LogP contribution < -0.4 is 15.4 Å². The Morgan fingerprint density at radius 2 is 2.03 bits per heavy atom. The molecule has 1 aromatic carbocycles. The number of carbonyl (C=O) groups is 1. The number of alkyl halides is 2. The molecule has 8 nitrogen and oxygen atoms in total. The van der Waals surface area contributed by atoms with Crippen LogP contribution in [0.5, 0.6) is 5.75 Å². The Balaban J connectivity index is 1.91. The number of aromatic nitrogens is 1. The van der Waals surface area contributed by atoms with Crippen LogP contribution in [0.1, 0.15) is 48.8 Å². The molecule has 2 aromatic rings. The number of ether oxygens (including phenoxy) is 2. The van der Waals surface area contributed by atoms with Gasteiger partial charge in [0, 0.05) is 24.4 Å². The van der Waals surface area contributed by atoms with Crippen LogP contribution in [0.3, 0.4) is 0 Å². The summed E-state index contributed by atoms with van der Waals surface area (Å²) in [5.74, 6) is -0.491. The molecule has 1 fully saturated rings. The molecule has 3 rings (SSSR count). The number of anilines is 1. The summed E-state index contributed by atoms with van der Waals surface area (Å²) >= 11 is 0. The number of rotatable bonds is 9. The number of pyridine rings is 1. The highest BCUT2D eigenvalue weighted by atomic mass is 19.3. The summed E-state index contributed by atoms with van der Waals surface area (Å²) in [6.07, 6.45) is 1.02. The number of amides is 1. The molecule has 2 heterocycles. The molecule has 0 bridgehead atoms. The predicted molar refractivity (Wildman–Crippen MR) is 119 cm³/mol. The van der Waals surface area contributed by atoms with Crippen molar-refractivity contribution in [3.05, 3.63) is 53.3 Å². The van der Waals surface area contributed by atoms with Crippen LogP contribution in [-0.4, -0.2) is 59.2 Å². The van der Waals surface area contributed by atoms with Gasteiger partial charge in [-0.2, -0.15) is 8.78 Å². The minimum atomic E-state index is -2.97. The van der Waals surface area contributed by atoms with Crippen molar-refractivity contribution in [3.63, 3.8) is 0 Å². The highest BCUT2D eigenvalue weighted by Crippen LogP contribution is 2.26. The third-order valence-electron chi connectivity index (χ3n) is 5.39. The highest BCUT2D eigenvalue weighted by molar-refractivity contribution is 6.13. The van der Waals surface area contributed by atoms with Crippen LogP contribution in [-0.2, 0) is 4.74 Å². The second-order valence-electron chi connectivity index (χ2n) is 8.29. The molecule has 2 atom stereocenters. The fourth-order valence-corrected chi connectivity index (χ4v) is 3.59. The Morgan fingerprint density at radius 1 is 1.27 bits per heavy atom. The number of aliphatic hydroxyl groups excluding tert-OH is 1. The van der Waals surface area contributed by atoms with Gasteiger partial charge in [0.05, 0.1) is 35.2 Å². The van der Waals surface area contributed by atoms with E-state index < -0.39 is 24.2 Å². The second kappa shape index (κ2) is 10.2. The lowest BCUT2D eigenvalue weighted by atomic mass is 9.92. The van der Waals surface area contributed by atoms with Gasteiger partial charge in [-0.05, 0) is 45.4 Å². The van der Waals surface area contributed by atoms with Crippen LogP contribution in [0.2, 0.25) is 0 Å². The molecule has 0 spiro atoms. The topological polar surface area (TPSA) is 117 Å². The molecule has 1 aliphatic heterocycles. The average molecular weight is 462 g/mol. The minimum Gasteiger partial charge on any atom is -0.435 e. The lowest BCUT2D eigenvalue weighted by molar-refractivity contribution is -0.0498. The lowest BCUT2D eigenvalue weighted by Gasteiger charge is -2.31. The molecule has 1 aromatic heterocycles. The largest absolute Gasteiger partial charge is 0.435 e. The normalized spacial score (nSPS) is 18.9. The summed E-state index contributed by atoms with van der Waals surface area (Å²) in [5.41, 5.74) is 0.381. The number of aliphatic hydroxyl groups is 1. The van der Waals surface area contributed by atoms with Gasteiger partial charge in [-0.15, -0.1) is 0 Å². The quantitative estimate of drug-likeness (QED) is 0.426. The molecule has 0 aliphatic carbocycles. The van der Waals surface area contributed by atoms with Gasteiger partial charge < -0.3 is 25.2 Å². The summed E-state index contributed by atoms with van der Waals surface area (Å²) < 4.78 is 34.9. The number of nitrogens with one attached hydrogen (secondary N) is 3. The van der Waals surface area contributed by atoms with Gasteiger partial charge in [-0.25, -0.2) is 0 Å². The second-order valence-corrected chi connectivity index (χ2v) is 8.29. The SMILES string of the molecule is CC(C)Nc1cc(C(=O)NC2(C(C)O)CCOC2)cnc1C(=N)c1cccc(OC(F)F)c1. The van der Waals surface area contributed by atoms with E-state index in [0.717, 1.165) is 0 Å². The first-order valence-electron chi connectivity index (χ1n) is 10.6. The molecule has 2 unspecified atom stereocenters. The van der Waals surface area contributed by atoms with Crippen LogP contribution >= 0.6 is 0 Å². The predicted octanol–water partition coefficient (Wildman–Crippen LogP) is 3.19. The number of carbonyl (C=O) groups excluding carboxylic acids is 1. The average Bonchev–Trinajstić information content (AvgIpc) is 3.22. The smallest absolute Gasteiger partial charge is 0.387 e. The zero-order valence-corrected chi connectivity index (χ0v) is 18.7. The molecular formula is C23H28F2N4O4. The van der Waals surface area contributed by atoms with Crippen molar-refractivity contribution in [1.29, 1.82) is 5.41 Å². The third-order valence-corrected chi connectivity index (χ3v) is 5.39. The minimum absolute atomic E-state index is 0.0190. The maximum absolute atomic E-state index is 13.0. The van der Waals surface area contributed by atoms with Crippen LogP contribution in [0.25, 0.3) is 0 Å². The zero-order chi connectivity index (χ0) is 24.2. The van der Waals surface area contributed by atoms with E-state index in [0.29, 0.717) is 24.3 Å². The lowest BCUT2D eigenvalue weighted by Crippen LogP contribution is -2.56. The van der Waals surface area contributed by atoms with Crippen molar-refractivity contribution in [2.45, 2.75) is 51.5 Å². The monoisotopic (exact) mass is 462 g/mol. The van der Waals surface area contributed by atoms with E-state index in [1.807, 2.05) is 13.8 Å². The van der Waals surface area contributed by atoms with Gasteiger partial charge in [0.25, 0.3) is 5.91 Å². The van der Waals surface area contributed by atoms with Crippen molar-refractivity contribution >= 4 is 17.3 Å². The molecule has 0 saturated carbocycles. The van der Waals surface area contributed by atoms with Crippen molar-refractivity contribution in [2.24, 2.45) is 0 Å². The van der Waals surface area contributed by atoms with E-state index >= 15 is 0 Å². The van der Waals surface area contributed by atoms with Crippen molar-refractivity contribution < 1.29 is 28.2 Å². The fraction of sp³-hybridized carbons (Fsp3) is 0.435. The number of hydrogen-bond acceptors (Lipinski definition) is 7. The molecule has 178 valence electrons. The molecule has 4 N–H and O–H groups in total. The first kappa shape index (κ1) is 24.5. The van der Waals surface area contributed by atoms with Gasteiger partial charge in [-0.1, -0.05) is 12.1 Å². The number of nitrogens with zero attached hydrogens (tertiary/aromatic N) is 1. The van der Waals surface area contributed by atoms with E-state index in [1.54, 1.807) is 19.1 Å². The van der Waals surface area contributed by atoms with E-state index in [1.165, 1.54) is 24.4 Å². The van der Waals surface area contributed by atoms with E-state index in [9.17, 15) is 18.7 Å². The number of halogens is 2.